The smallest absolute Gasteiger partial charge is 0.744 e. The second-order valence-electron chi connectivity index (χ2n) is 3.12. The molecule has 0 atom stereocenters. The first-order valence-corrected chi connectivity index (χ1v) is 5.99. The average molecular weight is 312 g/mol. The van der Waals surface area contributed by atoms with Gasteiger partial charge in [-0.3, -0.25) is 0 Å². The minimum absolute atomic E-state index is 0. The SMILES string of the molecule is COC(=O)c1cccc(C(=O)OC)c1S(=O)(=O)[O-].[K+]. The number of benzene rings is 1. The Balaban J connectivity index is 0.00000324. The van der Waals surface area contributed by atoms with Crippen LogP contribution in [0.15, 0.2) is 23.1 Å². The maximum absolute atomic E-state index is 11.4. The van der Waals surface area contributed by atoms with Crippen LogP contribution in [0.3, 0.4) is 0 Å². The Morgan fingerprint density at radius 2 is 1.42 bits per heavy atom. The van der Waals surface area contributed by atoms with E-state index < -0.39 is 38.1 Å². The van der Waals surface area contributed by atoms with E-state index in [4.69, 9.17) is 0 Å². The van der Waals surface area contributed by atoms with Crippen molar-refractivity contribution in [3.8, 4) is 0 Å². The maximum Gasteiger partial charge on any atom is 1.00 e. The number of carbonyl (C=O) groups is 2. The first kappa shape index (κ1) is 18.7. The minimum Gasteiger partial charge on any atom is -0.744 e. The third-order valence-corrected chi connectivity index (χ3v) is 3.02. The van der Waals surface area contributed by atoms with Crippen molar-refractivity contribution >= 4 is 22.1 Å². The molecular weight excluding hydrogens is 303 g/mol. The summed E-state index contributed by atoms with van der Waals surface area (Å²) < 4.78 is 42.1. The molecule has 0 saturated heterocycles. The Morgan fingerprint density at radius 1 is 1.05 bits per heavy atom. The molecule has 1 aromatic rings. The number of methoxy groups -OCH3 is 2. The van der Waals surface area contributed by atoms with E-state index in [1.807, 2.05) is 0 Å². The summed E-state index contributed by atoms with van der Waals surface area (Å²) in [6.45, 7) is 0. The number of esters is 2. The fraction of sp³-hybridized carbons (Fsp3) is 0.200. The number of carbonyl (C=O) groups excluding carboxylic acids is 2. The molecule has 1 rings (SSSR count). The Hall–Kier alpha value is -0.294. The summed E-state index contributed by atoms with van der Waals surface area (Å²) >= 11 is 0. The van der Waals surface area contributed by atoms with Crippen LogP contribution < -0.4 is 51.4 Å². The summed E-state index contributed by atoms with van der Waals surface area (Å²) in [4.78, 5) is 21.8. The van der Waals surface area contributed by atoms with E-state index in [1.165, 1.54) is 6.07 Å². The van der Waals surface area contributed by atoms with Crippen LogP contribution in [0.25, 0.3) is 0 Å². The van der Waals surface area contributed by atoms with Crippen LogP contribution in [0, 0.1) is 0 Å². The quantitative estimate of drug-likeness (QED) is 0.336. The van der Waals surface area contributed by atoms with Gasteiger partial charge in [0.15, 0.2) is 0 Å². The molecule has 0 bridgehead atoms. The number of hydrogen-bond acceptors (Lipinski definition) is 7. The molecule has 0 radical (unpaired) electrons. The molecule has 98 valence electrons. The summed E-state index contributed by atoms with van der Waals surface area (Å²) in [5.74, 6) is -2.06. The molecule has 9 heteroatoms. The Kier molecular flexibility index (Phi) is 7.36. The summed E-state index contributed by atoms with van der Waals surface area (Å²) in [6, 6.07) is 3.39. The Labute approximate surface area is 152 Å². The van der Waals surface area contributed by atoms with Crippen molar-refractivity contribution in [2.75, 3.05) is 14.2 Å². The van der Waals surface area contributed by atoms with Crippen molar-refractivity contribution in [1.29, 1.82) is 0 Å². The topological polar surface area (TPSA) is 110 Å². The van der Waals surface area contributed by atoms with Gasteiger partial charge in [0.25, 0.3) is 0 Å². The number of ether oxygens (including phenoxy) is 2. The van der Waals surface area contributed by atoms with Gasteiger partial charge in [0.05, 0.1) is 30.2 Å². The first-order valence-electron chi connectivity index (χ1n) is 4.58. The van der Waals surface area contributed by atoms with Crippen molar-refractivity contribution in [2.24, 2.45) is 0 Å². The minimum atomic E-state index is -5.03. The van der Waals surface area contributed by atoms with Crippen molar-refractivity contribution in [1.82, 2.24) is 0 Å². The summed E-state index contributed by atoms with van der Waals surface area (Å²) in [6.07, 6.45) is 0. The monoisotopic (exact) mass is 312 g/mol. The van der Waals surface area contributed by atoms with E-state index in [0.717, 1.165) is 26.4 Å². The van der Waals surface area contributed by atoms with Gasteiger partial charge in [-0.15, -0.1) is 0 Å². The van der Waals surface area contributed by atoms with Gasteiger partial charge in [0, 0.05) is 0 Å². The molecule has 0 heterocycles. The Bertz CT molecular complexity index is 560. The van der Waals surface area contributed by atoms with Crippen molar-refractivity contribution in [3.05, 3.63) is 29.3 Å². The fourth-order valence-corrected chi connectivity index (χ4v) is 2.19. The molecule has 0 amide bonds. The van der Waals surface area contributed by atoms with Crippen LogP contribution in [0.5, 0.6) is 0 Å². The van der Waals surface area contributed by atoms with E-state index in [2.05, 4.69) is 9.47 Å². The average Bonchev–Trinajstić information content (AvgIpc) is 2.34. The summed E-state index contributed by atoms with van der Waals surface area (Å²) in [5.41, 5.74) is -1.01. The van der Waals surface area contributed by atoms with E-state index >= 15 is 0 Å². The Morgan fingerprint density at radius 3 is 1.68 bits per heavy atom. The zero-order valence-electron chi connectivity index (χ0n) is 10.5. The van der Waals surface area contributed by atoms with Gasteiger partial charge in [-0.25, -0.2) is 18.0 Å². The molecule has 0 fully saturated rings. The van der Waals surface area contributed by atoms with Crippen molar-refractivity contribution in [2.45, 2.75) is 4.90 Å². The third kappa shape index (κ3) is 4.34. The first-order chi connectivity index (χ1) is 8.32. The van der Waals surface area contributed by atoms with E-state index in [9.17, 15) is 22.6 Å². The third-order valence-electron chi connectivity index (χ3n) is 2.08. The second kappa shape index (κ2) is 7.48. The number of hydrogen-bond donors (Lipinski definition) is 0. The van der Waals surface area contributed by atoms with Gasteiger partial charge < -0.3 is 14.0 Å². The van der Waals surface area contributed by atoms with Crippen molar-refractivity contribution in [3.63, 3.8) is 0 Å². The maximum atomic E-state index is 11.4. The molecule has 0 aliphatic carbocycles. The molecule has 0 saturated carbocycles. The van der Waals surface area contributed by atoms with Crippen molar-refractivity contribution < 1.29 is 83.4 Å². The van der Waals surface area contributed by atoms with E-state index in [0.29, 0.717) is 0 Å². The molecule has 1 aromatic carbocycles. The molecule has 0 spiro atoms. The van der Waals surface area contributed by atoms with Crippen LogP contribution in [0.1, 0.15) is 20.7 Å². The molecule has 0 unspecified atom stereocenters. The molecular formula is C10H9KO7S. The second-order valence-corrected chi connectivity index (χ2v) is 4.44. The molecule has 0 aliphatic rings. The predicted molar refractivity (Wildman–Crippen MR) is 57.1 cm³/mol. The van der Waals surface area contributed by atoms with Crippen LogP contribution in [0.4, 0.5) is 0 Å². The molecule has 0 aromatic heterocycles. The zero-order valence-corrected chi connectivity index (χ0v) is 14.4. The van der Waals surface area contributed by atoms with Gasteiger partial charge in [0.2, 0.25) is 0 Å². The van der Waals surface area contributed by atoms with Crippen LogP contribution in [-0.2, 0) is 19.6 Å². The van der Waals surface area contributed by atoms with E-state index in [-0.39, 0.29) is 51.4 Å². The fourth-order valence-electron chi connectivity index (χ4n) is 1.35. The van der Waals surface area contributed by atoms with Gasteiger partial charge in [0.1, 0.15) is 10.1 Å². The molecule has 19 heavy (non-hydrogen) atoms. The standard InChI is InChI=1S/C10H10O7S.K/c1-16-9(11)6-4-3-5-7(10(12)17-2)8(6)18(13,14)15;/h3-5H,1-2H3,(H,13,14,15);/q;+1/p-1. The van der Waals surface area contributed by atoms with Gasteiger partial charge >= 0.3 is 63.3 Å². The molecule has 0 aliphatic heterocycles. The van der Waals surface area contributed by atoms with Gasteiger partial charge in [-0.2, -0.15) is 0 Å². The van der Waals surface area contributed by atoms with Gasteiger partial charge in [-0.05, 0) is 12.1 Å². The summed E-state index contributed by atoms with van der Waals surface area (Å²) in [7, 11) is -2.98. The van der Waals surface area contributed by atoms with E-state index in [1.54, 1.807) is 0 Å². The largest absolute Gasteiger partial charge is 1.00 e. The van der Waals surface area contributed by atoms with Gasteiger partial charge in [-0.1, -0.05) is 6.07 Å². The predicted octanol–water partition coefficient (Wildman–Crippen LogP) is -2.83. The molecule has 0 N–H and O–H groups in total. The summed E-state index contributed by atoms with van der Waals surface area (Å²) in [5, 5.41) is 0. The van der Waals surface area contributed by atoms with Crippen LogP contribution >= 0.6 is 0 Å². The number of rotatable bonds is 3. The normalized spacial score (nSPS) is 10.3. The van der Waals surface area contributed by atoms with Crippen LogP contribution in [-0.4, -0.2) is 39.1 Å². The molecule has 7 nitrogen and oxygen atoms in total. The van der Waals surface area contributed by atoms with Crippen LogP contribution in [0.2, 0.25) is 0 Å². The zero-order chi connectivity index (χ0) is 13.9.